The number of nitrogens with two attached hydrogens (primary N) is 1. The van der Waals surface area contributed by atoms with Gasteiger partial charge < -0.3 is 11.1 Å². The molecule has 36 heavy (non-hydrogen) atoms. The van der Waals surface area contributed by atoms with Crippen molar-refractivity contribution >= 4 is 55.9 Å². The Hall–Kier alpha value is -2.50. The quantitative estimate of drug-likeness (QED) is 0.440. The molecule has 4 rings (SSSR count). The molecule has 1 aromatic heterocycles. The molecule has 0 radical (unpaired) electrons. The number of halogens is 2. The molecule has 1 fully saturated rings. The maximum Gasteiger partial charge on any atom is 0.246 e. The average Bonchev–Trinajstić information content (AvgIpc) is 2.82. The van der Waals surface area contributed by atoms with E-state index in [1.165, 1.54) is 16.4 Å². The van der Waals surface area contributed by atoms with Crippen LogP contribution in [0.25, 0.3) is 10.9 Å². The number of sulfonamides is 1. The maximum absolute atomic E-state index is 13.2. The predicted octanol–water partition coefficient (Wildman–Crippen LogP) is 3.36. The number of hydrogen-bond donors (Lipinski definition) is 2. The van der Waals surface area contributed by atoms with Crippen LogP contribution >= 0.6 is 23.2 Å². The van der Waals surface area contributed by atoms with Crippen LogP contribution in [0.3, 0.4) is 0 Å². The number of carbonyl (C=O) groups excluding carboxylic acids is 1. The van der Waals surface area contributed by atoms with Gasteiger partial charge in [-0.3, -0.25) is 9.69 Å². The fourth-order valence-corrected chi connectivity index (χ4v) is 6.72. The standard InChI is InChI=1S/C24H28Cl2N6O3S/c1-15(2)21(23(27)33)30-24-16-6-3-4-9-19(16)28-20(29-24)14-31-10-12-32(13-11-31)36(34,35)22-17(25)7-5-8-18(22)26/h3-9,15,21H,10-14H2,1-2H3,(H2,27,33)(H,28,29,30)/t21-/m0/s1. The summed E-state index contributed by atoms with van der Waals surface area (Å²) in [6.45, 7) is 5.76. The number of amides is 1. The largest absolute Gasteiger partial charge is 0.368 e. The molecule has 9 nitrogen and oxygen atoms in total. The number of primary amides is 1. The molecule has 0 unspecified atom stereocenters. The average molecular weight is 552 g/mol. The summed E-state index contributed by atoms with van der Waals surface area (Å²) in [6.07, 6.45) is 0. The first-order chi connectivity index (χ1) is 17.1. The van der Waals surface area contributed by atoms with Gasteiger partial charge in [0.1, 0.15) is 22.6 Å². The number of nitrogens with one attached hydrogen (secondary N) is 1. The van der Waals surface area contributed by atoms with Crippen molar-refractivity contribution in [1.82, 2.24) is 19.2 Å². The number of carbonyl (C=O) groups is 1. The Morgan fingerprint density at radius 3 is 2.28 bits per heavy atom. The summed E-state index contributed by atoms with van der Waals surface area (Å²) in [5, 5.41) is 4.19. The van der Waals surface area contributed by atoms with Crippen molar-refractivity contribution in [3.05, 3.63) is 58.3 Å². The van der Waals surface area contributed by atoms with E-state index in [-0.39, 0.29) is 33.9 Å². The van der Waals surface area contributed by atoms with E-state index < -0.39 is 22.0 Å². The minimum Gasteiger partial charge on any atom is -0.368 e. The molecule has 0 saturated carbocycles. The molecule has 1 atom stereocenters. The lowest BCUT2D eigenvalue weighted by Crippen LogP contribution is -2.48. The monoisotopic (exact) mass is 550 g/mol. The van der Waals surface area contributed by atoms with Gasteiger partial charge in [0.05, 0.1) is 22.1 Å². The Morgan fingerprint density at radius 1 is 1.03 bits per heavy atom. The molecular weight excluding hydrogens is 523 g/mol. The van der Waals surface area contributed by atoms with E-state index >= 15 is 0 Å². The van der Waals surface area contributed by atoms with Crippen molar-refractivity contribution in [2.24, 2.45) is 11.7 Å². The minimum absolute atomic E-state index is 0.0266. The molecule has 1 saturated heterocycles. The van der Waals surface area contributed by atoms with Crippen molar-refractivity contribution < 1.29 is 13.2 Å². The fourth-order valence-electron chi connectivity index (χ4n) is 4.21. The zero-order valence-electron chi connectivity index (χ0n) is 20.0. The molecule has 0 bridgehead atoms. The molecule has 1 aliphatic rings. The van der Waals surface area contributed by atoms with Crippen LogP contribution in [-0.4, -0.2) is 65.7 Å². The summed E-state index contributed by atoms with van der Waals surface area (Å²) in [5.74, 6) is 0.628. The van der Waals surface area contributed by atoms with Crippen molar-refractivity contribution in [2.75, 3.05) is 31.5 Å². The normalized spacial score (nSPS) is 16.4. The van der Waals surface area contributed by atoms with Crippen LogP contribution in [0.5, 0.6) is 0 Å². The van der Waals surface area contributed by atoms with Crippen LogP contribution in [0.2, 0.25) is 10.0 Å². The van der Waals surface area contributed by atoms with Gasteiger partial charge in [0.15, 0.2) is 0 Å². The highest BCUT2D eigenvalue weighted by Crippen LogP contribution is 2.32. The zero-order chi connectivity index (χ0) is 26.0. The summed E-state index contributed by atoms with van der Waals surface area (Å²) in [7, 11) is -3.83. The van der Waals surface area contributed by atoms with Gasteiger partial charge >= 0.3 is 0 Å². The third-order valence-corrected chi connectivity index (χ3v) is 8.98. The Bertz CT molecular complexity index is 1360. The maximum atomic E-state index is 13.2. The smallest absolute Gasteiger partial charge is 0.246 e. The highest BCUT2D eigenvalue weighted by molar-refractivity contribution is 7.89. The Balaban J connectivity index is 1.52. The van der Waals surface area contributed by atoms with Gasteiger partial charge in [-0.25, -0.2) is 18.4 Å². The van der Waals surface area contributed by atoms with E-state index in [1.54, 1.807) is 6.07 Å². The molecule has 0 spiro atoms. The summed E-state index contributed by atoms with van der Waals surface area (Å²) in [5.41, 5.74) is 6.34. The second-order valence-corrected chi connectivity index (χ2v) is 11.7. The summed E-state index contributed by atoms with van der Waals surface area (Å²) in [6, 6.07) is 11.6. The molecule has 0 aliphatic carbocycles. The van der Waals surface area contributed by atoms with E-state index in [0.717, 1.165) is 10.9 Å². The molecule has 1 aliphatic heterocycles. The first-order valence-electron chi connectivity index (χ1n) is 11.6. The van der Waals surface area contributed by atoms with Gasteiger partial charge in [0.2, 0.25) is 15.9 Å². The van der Waals surface area contributed by atoms with Gasteiger partial charge in [-0.1, -0.05) is 55.2 Å². The summed E-state index contributed by atoms with van der Waals surface area (Å²) >= 11 is 12.3. The third-order valence-electron chi connectivity index (χ3n) is 6.13. The number of piperazine rings is 1. The second-order valence-electron chi connectivity index (χ2n) is 9.01. The third kappa shape index (κ3) is 5.57. The van der Waals surface area contributed by atoms with E-state index in [9.17, 15) is 13.2 Å². The number of aromatic nitrogens is 2. The van der Waals surface area contributed by atoms with Gasteiger partial charge in [-0.2, -0.15) is 4.31 Å². The molecule has 2 heterocycles. The minimum atomic E-state index is -3.83. The highest BCUT2D eigenvalue weighted by atomic mass is 35.5. The van der Waals surface area contributed by atoms with Crippen molar-refractivity contribution in [2.45, 2.75) is 31.3 Å². The van der Waals surface area contributed by atoms with Crippen LogP contribution in [0.15, 0.2) is 47.4 Å². The van der Waals surface area contributed by atoms with Crippen molar-refractivity contribution in [1.29, 1.82) is 0 Å². The van der Waals surface area contributed by atoms with Crippen LogP contribution in [0, 0.1) is 5.92 Å². The van der Waals surface area contributed by atoms with Crippen molar-refractivity contribution in [3.8, 4) is 0 Å². The van der Waals surface area contributed by atoms with Crippen LogP contribution in [0.1, 0.15) is 19.7 Å². The topological polar surface area (TPSA) is 122 Å². The molecule has 3 N–H and O–H groups in total. The molecule has 12 heteroatoms. The SMILES string of the molecule is CC(C)[C@H](Nc1nc(CN2CCN(S(=O)(=O)c3c(Cl)cccc3Cl)CC2)nc2ccccc12)C(N)=O. The lowest BCUT2D eigenvalue weighted by molar-refractivity contribution is -0.119. The summed E-state index contributed by atoms with van der Waals surface area (Å²) in [4.78, 5) is 23.4. The number of para-hydroxylation sites is 1. The molecule has 192 valence electrons. The lowest BCUT2D eigenvalue weighted by Gasteiger charge is -2.34. The van der Waals surface area contributed by atoms with E-state index in [0.29, 0.717) is 31.3 Å². The van der Waals surface area contributed by atoms with Crippen LogP contribution < -0.4 is 11.1 Å². The van der Waals surface area contributed by atoms with E-state index in [2.05, 4.69) is 15.2 Å². The van der Waals surface area contributed by atoms with Crippen LogP contribution in [0.4, 0.5) is 5.82 Å². The first kappa shape index (κ1) is 26.6. The Kier molecular flexibility index (Phi) is 8.01. The zero-order valence-corrected chi connectivity index (χ0v) is 22.3. The van der Waals surface area contributed by atoms with Crippen LogP contribution in [-0.2, 0) is 21.4 Å². The predicted molar refractivity (Wildman–Crippen MR) is 141 cm³/mol. The number of fused-ring (bicyclic) bond motifs is 1. The van der Waals surface area contributed by atoms with Gasteiger partial charge in [0.25, 0.3) is 0 Å². The molecule has 3 aromatic rings. The van der Waals surface area contributed by atoms with Gasteiger partial charge in [0, 0.05) is 31.6 Å². The number of benzene rings is 2. The van der Waals surface area contributed by atoms with E-state index in [4.69, 9.17) is 33.9 Å². The fraction of sp³-hybridized carbons (Fsp3) is 0.375. The Morgan fingerprint density at radius 2 is 1.67 bits per heavy atom. The number of nitrogens with zero attached hydrogens (tertiary/aromatic N) is 4. The molecule has 2 aromatic carbocycles. The molecular formula is C24H28Cl2N6O3S. The first-order valence-corrected chi connectivity index (χ1v) is 13.8. The highest BCUT2D eigenvalue weighted by Gasteiger charge is 2.32. The van der Waals surface area contributed by atoms with Crippen molar-refractivity contribution in [3.63, 3.8) is 0 Å². The molecule has 1 amide bonds. The number of rotatable bonds is 8. The van der Waals surface area contributed by atoms with E-state index in [1.807, 2.05) is 38.1 Å². The van der Waals surface area contributed by atoms with Gasteiger partial charge in [-0.15, -0.1) is 0 Å². The Labute approximate surface area is 220 Å². The number of anilines is 1. The lowest BCUT2D eigenvalue weighted by atomic mass is 10.0. The summed E-state index contributed by atoms with van der Waals surface area (Å²) < 4.78 is 27.7. The second kappa shape index (κ2) is 10.9. The number of hydrogen-bond acceptors (Lipinski definition) is 7. The van der Waals surface area contributed by atoms with Gasteiger partial charge in [-0.05, 0) is 30.2 Å².